The van der Waals surface area contributed by atoms with Crippen LogP contribution in [0.25, 0.3) is 0 Å². The summed E-state index contributed by atoms with van der Waals surface area (Å²) in [6, 6.07) is 2.36. The van der Waals surface area contributed by atoms with Crippen LogP contribution in [0.15, 0.2) is 23.4 Å². The predicted octanol–water partition coefficient (Wildman–Crippen LogP) is 1.77. The first kappa shape index (κ1) is 15.9. The second-order valence-corrected chi connectivity index (χ2v) is 6.50. The highest BCUT2D eigenvalue weighted by molar-refractivity contribution is 7.89. The van der Waals surface area contributed by atoms with Gasteiger partial charge in [0.25, 0.3) is 15.2 Å². The Labute approximate surface area is 128 Å². The molecule has 0 radical (unpaired) electrons. The van der Waals surface area contributed by atoms with Gasteiger partial charge in [0.15, 0.2) is 30.4 Å². The quantitative estimate of drug-likeness (QED) is 0.673. The Morgan fingerprint density at radius 2 is 2.09 bits per heavy atom. The molecule has 2 heterocycles. The number of nitrogens with zero attached hydrogens (tertiary/aromatic N) is 3. The van der Waals surface area contributed by atoms with E-state index in [1.54, 1.807) is 0 Å². The number of sulfonamides is 1. The van der Waals surface area contributed by atoms with Crippen LogP contribution in [-0.2, 0) is 10.0 Å². The molecule has 0 amide bonds. The molecule has 124 valence electrons. The highest BCUT2D eigenvalue weighted by Gasteiger charge is 2.39. The van der Waals surface area contributed by atoms with E-state index in [0.29, 0.717) is 0 Å². The van der Waals surface area contributed by atoms with Crippen molar-refractivity contribution in [3.63, 3.8) is 0 Å². The van der Waals surface area contributed by atoms with Crippen LogP contribution in [0.5, 0.6) is 0 Å². The average molecular weight is 350 g/mol. The van der Waals surface area contributed by atoms with Crippen molar-refractivity contribution in [2.75, 3.05) is 6.80 Å². The Morgan fingerprint density at radius 3 is 2.78 bits per heavy atom. The summed E-state index contributed by atoms with van der Waals surface area (Å²) in [5.41, 5.74) is -0.168. The van der Waals surface area contributed by atoms with E-state index in [2.05, 4.69) is 10.1 Å². The normalized spacial score (nSPS) is 20.7. The van der Waals surface area contributed by atoms with Crippen LogP contribution in [0, 0.1) is 11.6 Å². The predicted molar refractivity (Wildman–Crippen MR) is 69.3 cm³/mol. The lowest BCUT2D eigenvalue weighted by atomic mass is 10.0. The van der Waals surface area contributed by atoms with E-state index in [9.17, 15) is 26.0 Å². The maximum absolute atomic E-state index is 14.0. The third-order valence-corrected chi connectivity index (χ3v) is 4.61. The van der Waals surface area contributed by atoms with Gasteiger partial charge >= 0.3 is 0 Å². The van der Waals surface area contributed by atoms with Gasteiger partial charge in [-0.2, -0.15) is 9.71 Å². The number of alkyl halides is 2. The number of hydrogen-bond donors (Lipinski definition) is 1. The molecule has 0 unspecified atom stereocenters. The fraction of sp³-hybridized carbons (Fsp3) is 0.333. The minimum Gasteiger partial charge on any atom is -0.239 e. The smallest absolute Gasteiger partial charge is 0.239 e. The molecule has 0 bridgehead atoms. The van der Waals surface area contributed by atoms with Crippen molar-refractivity contribution in [2.24, 2.45) is 0 Å². The van der Waals surface area contributed by atoms with Crippen LogP contribution >= 0.6 is 0 Å². The van der Waals surface area contributed by atoms with Crippen LogP contribution in [0.2, 0.25) is 0 Å². The number of hydrogen-bond acceptors (Lipinski definition) is 4. The summed E-state index contributed by atoms with van der Waals surface area (Å²) in [4.78, 5) is 3.53. The van der Waals surface area contributed by atoms with E-state index in [1.165, 1.54) is 16.9 Å². The molecule has 1 aromatic carbocycles. The second kappa shape index (κ2) is 5.57. The van der Waals surface area contributed by atoms with Crippen molar-refractivity contribution < 1.29 is 26.0 Å². The molecule has 0 spiro atoms. The fourth-order valence-electron chi connectivity index (χ4n) is 2.45. The van der Waals surface area contributed by atoms with Gasteiger partial charge in [0, 0.05) is 12.0 Å². The molecule has 0 saturated carbocycles. The molecule has 1 aliphatic rings. The SMILES string of the molecule is O=S(=O)(NCF)c1nc2n(n1)[C@H](c1cccc(F)c1F)C[C@@H]2F. The molecular formula is C12H10F4N4O2S. The van der Waals surface area contributed by atoms with E-state index in [4.69, 9.17) is 0 Å². The Balaban J connectivity index is 2.07. The largest absolute Gasteiger partial charge is 0.282 e. The molecule has 0 fully saturated rings. The molecule has 3 rings (SSSR count). The number of halogens is 4. The molecule has 6 nitrogen and oxygen atoms in total. The molecule has 23 heavy (non-hydrogen) atoms. The Kier molecular flexibility index (Phi) is 3.84. The Hall–Kier alpha value is -2.01. The summed E-state index contributed by atoms with van der Waals surface area (Å²) < 4.78 is 79.2. The Morgan fingerprint density at radius 1 is 1.35 bits per heavy atom. The third-order valence-electron chi connectivity index (χ3n) is 3.47. The first-order valence-corrected chi connectivity index (χ1v) is 7.93. The number of rotatable bonds is 4. The summed E-state index contributed by atoms with van der Waals surface area (Å²) in [7, 11) is -4.34. The van der Waals surface area contributed by atoms with Gasteiger partial charge in [0.05, 0.1) is 6.04 Å². The van der Waals surface area contributed by atoms with Crippen molar-refractivity contribution >= 4 is 10.0 Å². The van der Waals surface area contributed by atoms with Crippen molar-refractivity contribution in [1.29, 1.82) is 0 Å². The van der Waals surface area contributed by atoms with Gasteiger partial charge in [-0.25, -0.2) is 30.7 Å². The molecule has 2 aromatic rings. The number of aromatic nitrogens is 3. The van der Waals surface area contributed by atoms with Crippen LogP contribution < -0.4 is 4.72 Å². The summed E-state index contributed by atoms with van der Waals surface area (Å²) in [5.74, 6) is -2.62. The highest BCUT2D eigenvalue weighted by Crippen LogP contribution is 2.40. The van der Waals surface area contributed by atoms with Gasteiger partial charge in [0.1, 0.15) is 0 Å². The van der Waals surface area contributed by atoms with Crippen molar-refractivity contribution in [2.45, 2.75) is 23.8 Å². The van der Waals surface area contributed by atoms with Crippen molar-refractivity contribution in [1.82, 2.24) is 19.5 Å². The number of nitrogens with one attached hydrogen (secondary N) is 1. The first-order chi connectivity index (χ1) is 10.8. The third kappa shape index (κ3) is 2.59. The molecular weight excluding hydrogens is 340 g/mol. The minimum atomic E-state index is -4.34. The molecule has 0 aliphatic carbocycles. The van der Waals surface area contributed by atoms with Crippen molar-refractivity contribution in [3.8, 4) is 0 Å². The summed E-state index contributed by atoms with van der Waals surface area (Å²) in [5, 5.41) is 2.79. The van der Waals surface area contributed by atoms with Gasteiger partial charge < -0.3 is 0 Å². The lowest BCUT2D eigenvalue weighted by Gasteiger charge is -2.13. The average Bonchev–Trinajstić information content (AvgIpc) is 3.04. The molecule has 1 aliphatic heterocycles. The van der Waals surface area contributed by atoms with Crippen LogP contribution in [-0.4, -0.2) is 30.0 Å². The zero-order chi connectivity index (χ0) is 16.8. The fourth-order valence-corrected chi connectivity index (χ4v) is 3.13. The van der Waals surface area contributed by atoms with Gasteiger partial charge in [-0.05, 0) is 6.07 Å². The molecule has 0 saturated heterocycles. The van der Waals surface area contributed by atoms with Gasteiger partial charge in [0.2, 0.25) is 0 Å². The van der Waals surface area contributed by atoms with Crippen LogP contribution in [0.3, 0.4) is 0 Å². The lowest BCUT2D eigenvalue weighted by Crippen LogP contribution is -2.24. The monoisotopic (exact) mass is 350 g/mol. The first-order valence-electron chi connectivity index (χ1n) is 6.45. The second-order valence-electron chi connectivity index (χ2n) is 4.84. The van der Waals surface area contributed by atoms with E-state index in [0.717, 1.165) is 10.7 Å². The topological polar surface area (TPSA) is 76.9 Å². The van der Waals surface area contributed by atoms with Gasteiger partial charge in [-0.1, -0.05) is 12.1 Å². The van der Waals surface area contributed by atoms with Crippen molar-refractivity contribution in [3.05, 3.63) is 41.2 Å². The minimum absolute atomic E-state index is 0.168. The highest BCUT2D eigenvalue weighted by atomic mass is 32.2. The van der Waals surface area contributed by atoms with Gasteiger partial charge in [-0.15, -0.1) is 5.10 Å². The van der Waals surface area contributed by atoms with E-state index >= 15 is 0 Å². The zero-order valence-corrected chi connectivity index (χ0v) is 12.2. The number of fused-ring (bicyclic) bond motifs is 1. The molecule has 11 heteroatoms. The molecule has 1 N–H and O–H groups in total. The van der Waals surface area contributed by atoms with E-state index in [1.807, 2.05) is 0 Å². The van der Waals surface area contributed by atoms with E-state index < -0.39 is 45.8 Å². The maximum Gasteiger partial charge on any atom is 0.282 e. The summed E-state index contributed by atoms with van der Waals surface area (Å²) in [6.07, 6.45) is -1.96. The van der Waals surface area contributed by atoms with E-state index in [-0.39, 0.29) is 17.8 Å². The lowest BCUT2D eigenvalue weighted by molar-refractivity contribution is 0.324. The Bertz CT molecular complexity index is 855. The van der Waals surface area contributed by atoms with Gasteiger partial charge in [-0.3, -0.25) is 0 Å². The number of benzene rings is 1. The molecule has 2 atom stereocenters. The summed E-state index contributed by atoms with van der Waals surface area (Å²) >= 11 is 0. The van der Waals surface area contributed by atoms with Crippen LogP contribution in [0.4, 0.5) is 17.6 Å². The van der Waals surface area contributed by atoms with Crippen LogP contribution in [0.1, 0.15) is 30.0 Å². The molecule has 1 aromatic heterocycles. The standard InChI is InChI=1S/C12H10F4N4O2S/c13-5-17-23(21,22)12-18-11-8(15)4-9(20(11)19-12)6-2-1-3-7(14)10(6)16/h1-3,8-9,17H,4-5H2/t8-,9-/m0/s1. The maximum atomic E-state index is 14.0. The summed E-state index contributed by atoms with van der Waals surface area (Å²) in [6.45, 7) is -1.38. The zero-order valence-electron chi connectivity index (χ0n) is 11.4.